The number of hydrogen-bond donors (Lipinski definition) is 3. The SMILES string of the molecule is CC(=O)Nc1ccc(NC(=O)COC(=O)CCCC(=O)Nc2ccc(Oc3ccc(Cl)cc3)cc2)cc1. The van der Waals surface area contributed by atoms with Crippen LogP contribution in [-0.4, -0.2) is 30.3 Å². The third-order valence-corrected chi connectivity index (χ3v) is 5.08. The van der Waals surface area contributed by atoms with Gasteiger partial charge in [-0.1, -0.05) is 11.6 Å². The molecule has 37 heavy (non-hydrogen) atoms. The number of hydrogen-bond acceptors (Lipinski definition) is 6. The molecule has 3 rings (SSSR count). The number of anilines is 3. The lowest BCUT2D eigenvalue weighted by atomic mass is 10.2. The maximum atomic E-state index is 12.2. The van der Waals surface area contributed by atoms with E-state index in [-0.39, 0.29) is 31.1 Å². The van der Waals surface area contributed by atoms with E-state index in [1.165, 1.54) is 6.92 Å². The first kappa shape index (κ1) is 27.2. The number of amides is 3. The van der Waals surface area contributed by atoms with Gasteiger partial charge in [0, 0.05) is 41.9 Å². The largest absolute Gasteiger partial charge is 0.457 e. The molecule has 0 saturated carbocycles. The molecule has 3 N–H and O–H groups in total. The van der Waals surface area contributed by atoms with E-state index in [9.17, 15) is 19.2 Å². The summed E-state index contributed by atoms with van der Waals surface area (Å²) in [6, 6.07) is 20.3. The Kier molecular flexibility index (Phi) is 10.0. The Labute approximate surface area is 219 Å². The van der Waals surface area contributed by atoms with E-state index in [1.807, 2.05) is 0 Å². The van der Waals surface area contributed by atoms with E-state index in [0.717, 1.165) is 0 Å². The predicted octanol–water partition coefficient (Wildman–Crippen LogP) is 5.38. The first-order chi connectivity index (χ1) is 17.8. The molecular weight excluding hydrogens is 498 g/mol. The molecule has 3 aromatic rings. The van der Waals surface area contributed by atoms with Crippen molar-refractivity contribution in [3.63, 3.8) is 0 Å². The van der Waals surface area contributed by atoms with Crippen LogP contribution >= 0.6 is 11.6 Å². The van der Waals surface area contributed by atoms with E-state index < -0.39 is 18.5 Å². The predicted molar refractivity (Wildman–Crippen MR) is 141 cm³/mol. The molecule has 0 radical (unpaired) electrons. The molecule has 3 aromatic carbocycles. The number of halogens is 1. The van der Waals surface area contributed by atoms with Crippen molar-refractivity contribution < 1.29 is 28.7 Å². The van der Waals surface area contributed by atoms with Gasteiger partial charge >= 0.3 is 5.97 Å². The van der Waals surface area contributed by atoms with Gasteiger partial charge in [0.2, 0.25) is 11.8 Å². The minimum atomic E-state index is -0.576. The van der Waals surface area contributed by atoms with Gasteiger partial charge in [0.15, 0.2) is 6.61 Å². The molecule has 0 aliphatic rings. The zero-order valence-electron chi connectivity index (χ0n) is 20.1. The van der Waals surface area contributed by atoms with Crippen molar-refractivity contribution in [3.05, 3.63) is 77.8 Å². The Morgan fingerprint density at radius 3 is 1.73 bits per heavy atom. The van der Waals surface area contributed by atoms with E-state index >= 15 is 0 Å². The van der Waals surface area contributed by atoms with E-state index in [1.54, 1.807) is 72.8 Å². The summed E-state index contributed by atoms with van der Waals surface area (Å²) < 4.78 is 10.7. The normalized spacial score (nSPS) is 10.2. The van der Waals surface area contributed by atoms with Crippen LogP contribution in [0.2, 0.25) is 5.02 Å². The number of rotatable bonds is 11. The fraction of sp³-hybridized carbons (Fsp3) is 0.185. The molecule has 0 fully saturated rings. The Hall–Kier alpha value is -4.37. The van der Waals surface area contributed by atoms with E-state index in [4.69, 9.17) is 21.1 Å². The summed E-state index contributed by atoms with van der Waals surface area (Å²) in [7, 11) is 0. The number of carbonyl (C=O) groups is 4. The highest BCUT2D eigenvalue weighted by Crippen LogP contribution is 2.24. The Bertz CT molecular complexity index is 1230. The topological polar surface area (TPSA) is 123 Å². The van der Waals surface area contributed by atoms with Crippen LogP contribution in [-0.2, 0) is 23.9 Å². The maximum Gasteiger partial charge on any atom is 0.306 e. The van der Waals surface area contributed by atoms with Crippen LogP contribution in [0.4, 0.5) is 17.1 Å². The smallest absolute Gasteiger partial charge is 0.306 e. The average Bonchev–Trinajstić information content (AvgIpc) is 2.86. The highest BCUT2D eigenvalue weighted by molar-refractivity contribution is 6.30. The van der Waals surface area contributed by atoms with Crippen LogP contribution in [0.5, 0.6) is 11.5 Å². The number of carbonyl (C=O) groups excluding carboxylic acids is 4. The van der Waals surface area contributed by atoms with Gasteiger partial charge < -0.3 is 25.4 Å². The second-order valence-corrected chi connectivity index (χ2v) is 8.39. The minimum Gasteiger partial charge on any atom is -0.457 e. The van der Waals surface area contributed by atoms with Crippen molar-refractivity contribution in [2.24, 2.45) is 0 Å². The monoisotopic (exact) mass is 523 g/mol. The van der Waals surface area contributed by atoms with Gasteiger partial charge in [-0.05, 0) is 79.2 Å². The average molecular weight is 524 g/mol. The maximum absolute atomic E-state index is 12.2. The van der Waals surface area contributed by atoms with Crippen LogP contribution in [0.15, 0.2) is 72.8 Å². The second kappa shape index (κ2) is 13.6. The molecule has 192 valence electrons. The Morgan fingerprint density at radius 2 is 1.16 bits per heavy atom. The Balaban J connectivity index is 1.31. The summed E-state index contributed by atoms with van der Waals surface area (Å²) in [5, 5.41) is 8.58. The molecule has 9 nitrogen and oxygen atoms in total. The number of esters is 1. The van der Waals surface area contributed by atoms with Crippen molar-refractivity contribution in [3.8, 4) is 11.5 Å². The molecule has 3 amide bonds. The lowest BCUT2D eigenvalue weighted by Crippen LogP contribution is -2.21. The van der Waals surface area contributed by atoms with Gasteiger partial charge in [0.1, 0.15) is 11.5 Å². The van der Waals surface area contributed by atoms with Crippen LogP contribution in [0.1, 0.15) is 26.2 Å². The summed E-state index contributed by atoms with van der Waals surface area (Å²) in [5.41, 5.74) is 1.69. The third kappa shape index (κ3) is 10.0. The summed E-state index contributed by atoms with van der Waals surface area (Å²) in [5.74, 6) is -0.276. The zero-order valence-corrected chi connectivity index (χ0v) is 20.8. The van der Waals surface area contributed by atoms with Crippen molar-refractivity contribution in [2.45, 2.75) is 26.2 Å². The lowest BCUT2D eigenvalue weighted by molar-refractivity contribution is -0.147. The van der Waals surface area contributed by atoms with Gasteiger partial charge in [-0.15, -0.1) is 0 Å². The molecule has 0 atom stereocenters. The Morgan fingerprint density at radius 1 is 0.676 bits per heavy atom. The first-order valence-electron chi connectivity index (χ1n) is 11.4. The standard InChI is InChI=1S/C27H26ClN3O6/c1-18(32)29-20-7-9-21(10-8-20)31-26(34)17-36-27(35)4-2-3-25(33)30-22-11-15-24(16-12-22)37-23-13-5-19(28)6-14-23/h5-16H,2-4,17H2,1H3,(H,29,32)(H,30,33)(H,31,34). The molecule has 0 bridgehead atoms. The summed E-state index contributed by atoms with van der Waals surface area (Å²) in [4.78, 5) is 47.1. The summed E-state index contributed by atoms with van der Waals surface area (Å²) >= 11 is 5.86. The van der Waals surface area contributed by atoms with Gasteiger partial charge in [-0.25, -0.2) is 0 Å². The summed E-state index contributed by atoms with van der Waals surface area (Å²) in [6.45, 7) is 0.957. The third-order valence-electron chi connectivity index (χ3n) is 4.83. The highest BCUT2D eigenvalue weighted by atomic mass is 35.5. The molecule has 0 spiro atoms. The molecule has 0 aromatic heterocycles. The van der Waals surface area contributed by atoms with Gasteiger partial charge in [0.25, 0.3) is 5.91 Å². The molecule has 0 aliphatic heterocycles. The van der Waals surface area contributed by atoms with Crippen LogP contribution < -0.4 is 20.7 Å². The second-order valence-electron chi connectivity index (χ2n) is 7.95. The van der Waals surface area contributed by atoms with Crippen molar-refractivity contribution >= 4 is 52.4 Å². The van der Waals surface area contributed by atoms with Crippen LogP contribution in [0.3, 0.4) is 0 Å². The lowest BCUT2D eigenvalue weighted by Gasteiger charge is -2.09. The minimum absolute atomic E-state index is 0.0000171. The number of ether oxygens (including phenoxy) is 2. The van der Waals surface area contributed by atoms with Crippen LogP contribution in [0.25, 0.3) is 0 Å². The number of benzene rings is 3. The van der Waals surface area contributed by atoms with Crippen LogP contribution in [0, 0.1) is 0 Å². The van der Waals surface area contributed by atoms with E-state index in [2.05, 4.69) is 16.0 Å². The van der Waals surface area contributed by atoms with Gasteiger partial charge in [0.05, 0.1) is 0 Å². The highest BCUT2D eigenvalue weighted by Gasteiger charge is 2.10. The summed E-state index contributed by atoms with van der Waals surface area (Å²) in [6.07, 6.45) is 0.389. The fourth-order valence-corrected chi connectivity index (χ4v) is 3.24. The molecule has 0 saturated heterocycles. The molecular formula is C27H26ClN3O6. The fourth-order valence-electron chi connectivity index (χ4n) is 3.12. The first-order valence-corrected chi connectivity index (χ1v) is 11.8. The van der Waals surface area contributed by atoms with Crippen molar-refractivity contribution in [1.82, 2.24) is 0 Å². The van der Waals surface area contributed by atoms with E-state index in [0.29, 0.717) is 33.6 Å². The zero-order chi connectivity index (χ0) is 26.6. The molecule has 0 unspecified atom stereocenters. The quantitative estimate of drug-likeness (QED) is 0.290. The van der Waals surface area contributed by atoms with Crippen molar-refractivity contribution in [1.29, 1.82) is 0 Å². The van der Waals surface area contributed by atoms with Gasteiger partial charge in [-0.3, -0.25) is 19.2 Å². The molecule has 10 heteroatoms. The van der Waals surface area contributed by atoms with Gasteiger partial charge in [-0.2, -0.15) is 0 Å². The number of nitrogens with one attached hydrogen (secondary N) is 3. The molecule has 0 heterocycles. The van der Waals surface area contributed by atoms with Crippen molar-refractivity contribution in [2.75, 3.05) is 22.6 Å². The molecule has 0 aliphatic carbocycles.